The molecular weight excluding hydrogens is 704 g/mol. The van der Waals surface area contributed by atoms with Crippen LogP contribution in [0.15, 0.2) is 39.6 Å². The van der Waals surface area contributed by atoms with Crippen molar-refractivity contribution in [1.82, 2.24) is 20.4 Å². The van der Waals surface area contributed by atoms with Gasteiger partial charge in [-0.25, -0.2) is 9.18 Å². The van der Waals surface area contributed by atoms with Crippen molar-refractivity contribution in [3.8, 4) is 17.2 Å². The van der Waals surface area contributed by atoms with Crippen molar-refractivity contribution in [2.75, 3.05) is 32.4 Å². The van der Waals surface area contributed by atoms with E-state index in [2.05, 4.69) is 48.4 Å². The van der Waals surface area contributed by atoms with E-state index in [0.717, 1.165) is 78.0 Å². The summed E-state index contributed by atoms with van der Waals surface area (Å²) in [4.78, 5) is 36.1. The quantitative estimate of drug-likeness (QED) is 0.206. The minimum atomic E-state index is -0.734. The van der Waals surface area contributed by atoms with Crippen LogP contribution in [0.25, 0.3) is 16.7 Å². The van der Waals surface area contributed by atoms with Gasteiger partial charge in [0, 0.05) is 49.3 Å². The fraction of sp³-hybridized carbons (Fsp3) is 0.524. The van der Waals surface area contributed by atoms with Crippen LogP contribution in [0.3, 0.4) is 0 Å². The van der Waals surface area contributed by atoms with Gasteiger partial charge in [-0.3, -0.25) is 15.1 Å². The average Bonchev–Trinajstić information content (AvgIpc) is 3.78. The van der Waals surface area contributed by atoms with E-state index in [1.807, 2.05) is 14.0 Å². The van der Waals surface area contributed by atoms with Crippen molar-refractivity contribution in [2.45, 2.75) is 110 Å². The summed E-state index contributed by atoms with van der Waals surface area (Å²) in [6, 6.07) is 4.95. The number of alkyl carbamates (subject to hydrolysis) is 1. The first-order chi connectivity index (χ1) is 25.7. The zero-order valence-electron chi connectivity index (χ0n) is 32.9. The van der Waals surface area contributed by atoms with Gasteiger partial charge in [0.1, 0.15) is 35.2 Å². The number of piperidine rings is 1. The molecule has 0 aromatic heterocycles. The number of nitriles is 1. The second-order valence-electron chi connectivity index (χ2n) is 15.9. The van der Waals surface area contributed by atoms with E-state index in [1.54, 1.807) is 31.7 Å². The lowest BCUT2D eigenvalue weighted by molar-refractivity contribution is -0.133. The maximum atomic E-state index is 15.6. The predicted octanol–water partition coefficient (Wildman–Crippen LogP) is 7.95. The second kappa shape index (κ2) is 16.2. The number of likely N-dealkylation sites (N-methyl/N-ethyl adjacent to an activating group) is 1. The molecule has 2 aromatic rings. The van der Waals surface area contributed by atoms with E-state index in [1.165, 1.54) is 17.8 Å². The minimum Gasteiger partial charge on any atom is -0.444 e. The SMILES string of the molecule is CCC/C=C(/NC(=NC1CCCN(C)C1=O)c1c(C)c(C)c(-c2ccc(F)c3c2C(C#N)=C(NC(=O)OC(C)(C)C)CS3)c2c1COC2)N1CCC(C)C1. The molecule has 2 aromatic carbocycles. The molecule has 0 saturated carbocycles. The van der Waals surface area contributed by atoms with Gasteiger partial charge in [-0.05, 0) is 112 Å². The van der Waals surface area contributed by atoms with Gasteiger partial charge in [0.25, 0.3) is 0 Å². The number of ether oxygens (including phenoxy) is 2. The summed E-state index contributed by atoms with van der Waals surface area (Å²) >= 11 is 1.25. The Labute approximate surface area is 323 Å². The van der Waals surface area contributed by atoms with Crippen LogP contribution in [0.1, 0.15) is 100 Å². The number of likely N-dealkylation sites (tertiary alicyclic amines) is 2. The lowest BCUT2D eigenvalue weighted by Crippen LogP contribution is -2.43. The highest BCUT2D eigenvalue weighted by atomic mass is 32.2. The average molecular weight is 757 g/mol. The molecule has 4 heterocycles. The van der Waals surface area contributed by atoms with E-state index in [0.29, 0.717) is 59.7 Å². The van der Waals surface area contributed by atoms with E-state index >= 15 is 4.39 Å². The van der Waals surface area contributed by atoms with Crippen molar-refractivity contribution in [3.05, 3.63) is 68.9 Å². The van der Waals surface area contributed by atoms with Crippen LogP contribution in [-0.4, -0.2) is 71.7 Å². The Morgan fingerprint density at radius 3 is 2.61 bits per heavy atom. The van der Waals surface area contributed by atoms with E-state index < -0.39 is 23.6 Å². The number of thioether (sulfide) groups is 1. The van der Waals surface area contributed by atoms with Crippen LogP contribution >= 0.6 is 11.8 Å². The predicted molar refractivity (Wildman–Crippen MR) is 211 cm³/mol. The molecule has 6 rings (SSSR count). The lowest BCUT2D eigenvalue weighted by Gasteiger charge is -2.30. The van der Waals surface area contributed by atoms with Gasteiger partial charge < -0.3 is 24.6 Å². The zero-order chi connectivity index (χ0) is 38.9. The molecule has 0 bridgehead atoms. The number of carbonyl (C=O) groups is 2. The van der Waals surface area contributed by atoms with Crippen LogP contribution in [0.5, 0.6) is 0 Å². The molecule has 10 nitrogen and oxygen atoms in total. The zero-order valence-corrected chi connectivity index (χ0v) is 33.7. The number of carbonyl (C=O) groups excluding carboxylic acids is 2. The molecule has 12 heteroatoms. The monoisotopic (exact) mass is 756 g/mol. The Morgan fingerprint density at radius 1 is 1.17 bits per heavy atom. The molecule has 288 valence electrons. The number of aliphatic imine (C=N–C) groups is 1. The molecule has 4 aliphatic heterocycles. The molecule has 2 atom stereocenters. The third-order valence-electron chi connectivity index (χ3n) is 10.6. The summed E-state index contributed by atoms with van der Waals surface area (Å²) < 4.78 is 27.3. The molecule has 2 fully saturated rings. The highest BCUT2D eigenvalue weighted by Gasteiger charge is 2.35. The number of amides is 2. The third-order valence-corrected chi connectivity index (χ3v) is 11.7. The van der Waals surface area contributed by atoms with Gasteiger partial charge in [-0.2, -0.15) is 5.26 Å². The highest BCUT2D eigenvalue weighted by Crippen LogP contribution is 2.47. The van der Waals surface area contributed by atoms with Gasteiger partial charge in [0.05, 0.1) is 23.7 Å². The number of halogens is 1. The van der Waals surface area contributed by atoms with Gasteiger partial charge in [0.2, 0.25) is 5.91 Å². The summed E-state index contributed by atoms with van der Waals surface area (Å²) in [5, 5.41) is 17.1. The Bertz CT molecular complexity index is 1980. The van der Waals surface area contributed by atoms with Crippen LogP contribution in [0, 0.1) is 36.9 Å². The molecule has 2 saturated heterocycles. The second-order valence-corrected chi connectivity index (χ2v) is 16.9. The van der Waals surface area contributed by atoms with Gasteiger partial charge in [-0.1, -0.05) is 26.3 Å². The maximum Gasteiger partial charge on any atom is 0.411 e. The number of benzene rings is 2. The molecule has 2 N–H and O–H groups in total. The van der Waals surface area contributed by atoms with Crippen molar-refractivity contribution < 1.29 is 23.5 Å². The molecule has 2 unspecified atom stereocenters. The van der Waals surface area contributed by atoms with Crippen molar-refractivity contribution >= 4 is 35.2 Å². The Hall–Kier alpha value is -4.34. The van der Waals surface area contributed by atoms with Crippen LogP contribution < -0.4 is 10.6 Å². The Kier molecular flexibility index (Phi) is 11.8. The van der Waals surface area contributed by atoms with Crippen LogP contribution in [0.2, 0.25) is 0 Å². The summed E-state index contributed by atoms with van der Waals surface area (Å²) in [5.41, 5.74) is 6.54. The topological polar surface area (TPSA) is 119 Å². The van der Waals surface area contributed by atoms with Crippen molar-refractivity contribution in [3.63, 3.8) is 0 Å². The number of allylic oxidation sites excluding steroid dienone is 2. The van der Waals surface area contributed by atoms with E-state index in [9.17, 15) is 14.9 Å². The molecule has 0 spiro atoms. The maximum absolute atomic E-state index is 15.6. The first kappa shape index (κ1) is 39.4. The molecule has 4 aliphatic rings. The largest absolute Gasteiger partial charge is 0.444 e. The van der Waals surface area contributed by atoms with Crippen molar-refractivity contribution in [1.29, 1.82) is 5.26 Å². The number of nitrogens with zero attached hydrogens (tertiary/aromatic N) is 4. The first-order valence-electron chi connectivity index (χ1n) is 19.1. The lowest BCUT2D eigenvalue weighted by atomic mass is 9.82. The number of amidine groups is 1. The van der Waals surface area contributed by atoms with Gasteiger partial charge in [-0.15, -0.1) is 11.8 Å². The molecule has 0 aliphatic carbocycles. The Morgan fingerprint density at radius 2 is 1.93 bits per heavy atom. The summed E-state index contributed by atoms with van der Waals surface area (Å²) in [7, 11) is 1.84. The molecule has 0 radical (unpaired) electrons. The smallest absolute Gasteiger partial charge is 0.411 e. The van der Waals surface area contributed by atoms with Gasteiger partial charge in [0.15, 0.2) is 0 Å². The number of hydrogen-bond acceptors (Lipinski definition) is 8. The summed E-state index contributed by atoms with van der Waals surface area (Å²) in [5.74, 6) is 2.01. The molecule has 54 heavy (non-hydrogen) atoms. The van der Waals surface area contributed by atoms with E-state index in [-0.39, 0.29) is 17.2 Å². The normalized spacial score (nSPS) is 20.6. The van der Waals surface area contributed by atoms with Crippen LogP contribution in [-0.2, 0) is 27.5 Å². The molecular formula is C42H53FN6O4S. The highest BCUT2D eigenvalue weighted by molar-refractivity contribution is 7.99. The third kappa shape index (κ3) is 8.03. The summed E-state index contributed by atoms with van der Waals surface area (Å²) in [6.07, 6.45) is 6.12. The number of hydrogen-bond donors (Lipinski definition) is 2. The number of rotatable bonds is 8. The fourth-order valence-electron chi connectivity index (χ4n) is 7.82. The first-order valence-corrected chi connectivity index (χ1v) is 20.1. The molecule has 2 amide bonds. The standard InChI is InChI=1S/C42H53FN6O4S/c1-9-10-13-34(49-18-16-24(2)20-49)47-39(45-32-12-11-17-48(8)40(32)50)36-26(4)25(3)35(29-21-52-22-30(29)36)27-14-15-31(43)38-37(27)28(19-44)33(23-54-38)46-41(51)53-42(5,6)7/h13-15,24,32H,9-12,16-18,20-23H2,1-8H3,(H,45,47)(H,46,51)/b34-13-. The van der Waals surface area contributed by atoms with E-state index in [4.69, 9.17) is 14.5 Å². The summed E-state index contributed by atoms with van der Waals surface area (Å²) in [6.45, 7) is 17.1. The fourth-order valence-corrected chi connectivity index (χ4v) is 8.89. The van der Waals surface area contributed by atoms with Crippen LogP contribution in [0.4, 0.5) is 9.18 Å². The minimum absolute atomic E-state index is 0.00961. The number of fused-ring (bicyclic) bond motifs is 2. The number of nitrogens with one attached hydrogen (secondary N) is 2. The van der Waals surface area contributed by atoms with Crippen molar-refractivity contribution in [2.24, 2.45) is 10.9 Å². The van der Waals surface area contributed by atoms with Gasteiger partial charge >= 0.3 is 6.09 Å². The Balaban J connectivity index is 1.53. The number of unbranched alkanes of at least 4 members (excludes halogenated alkanes) is 1.